The zero-order valence-electron chi connectivity index (χ0n) is 9.98. The summed E-state index contributed by atoms with van der Waals surface area (Å²) < 4.78 is 11.0. The lowest BCUT2D eigenvalue weighted by atomic mass is 10.2. The molecule has 92 valence electrons. The van der Waals surface area contributed by atoms with Gasteiger partial charge < -0.3 is 14.8 Å². The Labute approximate surface area is 101 Å². The highest BCUT2D eigenvalue weighted by Gasteiger charge is 2.28. The summed E-state index contributed by atoms with van der Waals surface area (Å²) in [4.78, 5) is 9.07. The molecule has 5 heteroatoms. The van der Waals surface area contributed by atoms with Crippen LogP contribution in [0.2, 0.25) is 0 Å². The molecule has 2 heterocycles. The molecule has 1 aliphatic carbocycles. The summed E-state index contributed by atoms with van der Waals surface area (Å²) in [7, 11) is 1.88. The Hall–Kier alpha value is -1.20. The molecule has 1 atom stereocenters. The molecule has 3 rings (SSSR count). The monoisotopic (exact) mass is 235 g/mol. The van der Waals surface area contributed by atoms with E-state index in [9.17, 15) is 0 Å². The lowest BCUT2D eigenvalue weighted by molar-refractivity contribution is -0.0935. The number of nitrogens with zero attached hydrogens (tertiary/aromatic N) is 2. The first-order chi connectivity index (χ1) is 8.36. The van der Waals surface area contributed by atoms with Gasteiger partial charge in [-0.2, -0.15) is 0 Å². The van der Waals surface area contributed by atoms with Crippen LogP contribution >= 0.6 is 0 Å². The number of aromatic nitrogens is 2. The van der Waals surface area contributed by atoms with E-state index in [-0.39, 0.29) is 6.10 Å². The topological polar surface area (TPSA) is 56.3 Å². The van der Waals surface area contributed by atoms with E-state index in [2.05, 4.69) is 15.3 Å². The van der Waals surface area contributed by atoms with Crippen molar-refractivity contribution in [2.75, 3.05) is 32.2 Å². The molecule has 5 nitrogen and oxygen atoms in total. The number of hydrogen-bond acceptors (Lipinski definition) is 5. The lowest BCUT2D eigenvalue weighted by Crippen LogP contribution is -2.24. The van der Waals surface area contributed by atoms with Crippen LogP contribution in [0.5, 0.6) is 0 Å². The Morgan fingerprint density at radius 3 is 2.82 bits per heavy atom. The van der Waals surface area contributed by atoms with Crippen molar-refractivity contribution in [3.63, 3.8) is 0 Å². The maximum absolute atomic E-state index is 5.64. The van der Waals surface area contributed by atoms with Gasteiger partial charge in [0, 0.05) is 24.7 Å². The fourth-order valence-corrected chi connectivity index (χ4v) is 1.98. The van der Waals surface area contributed by atoms with E-state index < -0.39 is 0 Å². The van der Waals surface area contributed by atoms with Gasteiger partial charge >= 0.3 is 0 Å². The standard InChI is InChI=1S/C12H17N3O2/c1-13-11-6-9(8-2-3-8)14-12(15-11)10-7-16-4-5-17-10/h6,8,10H,2-5,7H2,1H3,(H,13,14,15). The van der Waals surface area contributed by atoms with E-state index in [4.69, 9.17) is 9.47 Å². The van der Waals surface area contributed by atoms with Crippen molar-refractivity contribution in [3.8, 4) is 0 Å². The van der Waals surface area contributed by atoms with Gasteiger partial charge in [-0.25, -0.2) is 9.97 Å². The number of ether oxygens (including phenoxy) is 2. The third kappa shape index (κ3) is 2.40. The van der Waals surface area contributed by atoms with E-state index in [0.29, 0.717) is 25.7 Å². The SMILES string of the molecule is CNc1cc(C2CC2)nc(C2COCCO2)n1. The summed E-state index contributed by atoms with van der Waals surface area (Å²) in [6, 6.07) is 2.03. The Morgan fingerprint density at radius 1 is 1.29 bits per heavy atom. The van der Waals surface area contributed by atoms with Crippen LogP contribution in [0, 0.1) is 0 Å². The Bertz CT molecular complexity index is 401. The van der Waals surface area contributed by atoms with Crippen molar-refractivity contribution in [2.24, 2.45) is 0 Å². The highest BCUT2D eigenvalue weighted by atomic mass is 16.6. The zero-order valence-corrected chi connectivity index (χ0v) is 9.98. The highest BCUT2D eigenvalue weighted by Crippen LogP contribution is 2.40. The molecule has 1 aromatic rings. The second-order valence-electron chi connectivity index (χ2n) is 4.49. The molecule has 1 N–H and O–H groups in total. The molecule has 0 amide bonds. The van der Waals surface area contributed by atoms with Crippen LogP contribution in [0.1, 0.15) is 36.4 Å². The van der Waals surface area contributed by atoms with Crippen LogP contribution in [0.15, 0.2) is 6.07 Å². The molecular formula is C12H17N3O2. The van der Waals surface area contributed by atoms with Crippen LogP contribution in [0.4, 0.5) is 5.82 Å². The van der Waals surface area contributed by atoms with E-state index in [1.807, 2.05) is 13.1 Å². The summed E-state index contributed by atoms with van der Waals surface area (Å²) in [6.07, 6.45) is 2.36. The van der Waals surface area contributed by atoms with Gasteiger partial charge in [-0.1, -0.05) is 0 Å². The molecule has 1 aliphatic heterocycles. The fourth-order valence-electron chi connectivity index (χ4n) is 1.98. The second-order valence-corrected chi connectivity index (χ2v) is 4.49. The summed E-state index contributed by atoms with van der Waals surface area (Å²) in [5, 5.41) is 3.08. The average Bonchev–Trinajstić information content (AvgIpc) is 3.23. The molecule has 1 unspecified atom stereocenters. The van der Waals surface area contributed by atoms with E-state index in [0.717, 1.165) is 17.3 Å². The molecule has 1 saturated carbocycles. The Morgan fingerprint density at radius 2 is 2.18 bits per heavy atom. The quantitative estimate of drug-likeness (QED) is 0.860. The summed E-state index contributed by atoms with van der Waals surface area (Å²) in [6.45, 7) is 1.84. The van der Waals surface area contributed by atoms with E-state index in [1.165, 1.54) is 12.8 Å². The predicted octanol–water partition coefficient (Wildman–Crippen LogP) is 1.48. The van der Waals surface area contributed by atoms with Crippen molar-refractivity contribution < 1.29 is 9.47 Å². The Balaban J connectivity index is 1.88. The molecule has 2 aliphatic rings. The van der Waals surface area contributed by atoms with Gasteiger partial charge in [0.1, 0.15) is 11.9 Å². The normalized spacial score (nSPS) is 24.6. The molecule has 1 saturated heterocycles. The molecule has 2 fully saturated rings. The summed E-state index contributed by atoms with van der Waals surface area (Å²) in [5.74, 6) is 2.23. The number of nitrogens with one attached hydrogen (secondary N) is 1. The van der Waals surface area contributed by atoms with Crippen LogP contribution in [0.3, 0.4) is 0 Å². The van der Waals surface area contributed by atoms with Crippen molar-refractivity contribution >= 4 is 5.82 Å². The molecule has 0 radical (unpaired) electrons. The van der Waals surface area contributed by atoms with E-state index >= 15 is 0 Å². The van der Waals surface area contributed by atoms with Gasteiger partial charge in [-0.3, -0.25) is 0 Å². The summed E-state index contributed by atoms with van der Waals surface area (Å²) in [5.41, 5.74) is 1.13. The zero-order chi connectivity index (χ0) is 11.7. The van der Waals surface area contributed by atoms with Gasteiger partial charge in [0.2, 0.25) is 0 Å². The predicted molar refractivity (Wildman–Crippen MR) is 63.1 cm³/mol. The summed E-state index contributed by atoms with van der Waals surface area (Å²) >= 11 is 0. The third-order valence-electron chi connectivity index (χ3n) is 3.12. The Kier molecular flexibility index (Phi) is 2.94. The largest absolute Gasteiger partial charge is 0.376 e. The van der Waals surface area contributed by atoms with Gasteiger partial charge in [0.15, 0.2) is 5.82 Å². The minimum absolute atomic E-state index is 0.116. The van der Waals surface area contributed by atoms with Gasteiger partial charge in [-0.15, -0.1) is 0 Å². The highest BCUT2D eigenvalue weighted by molar-refractivity contribution is 5.37. The third-order valence-corrected chi connectivity index (χ3v) is 3.12. The van der Waals surface area contributed by atoms with Crippen LogP contribution in [-0.2, 0) is 9.47 Å². The fraction of sp³-hybridized carbons (Fsp3) is 0.667. The lowest BCUT2D eigenvalue weighted by Gasteiger charge is -2.22. The van der Waals surface area contributed by atoms with Crippen LogP contribution in [-0.4, -0.2) is 36.8 Å². The minimum atomic E-state index is -0.116. The van der Waals surface area contributed by atoms with Gasteiger partial charge in [0.25, 0.3) is 0 Å². The average molecular weight is 235 g/mol. The number of anilines is 1. The first-order valence-corrected chi connectivity index (χ1v) is 6.13. The minimum Gasteiger partial charge on any atom is -0.376 e. The van der Waals surface area contributed by atoms with Gasteiger partial charge in [-0.05, 0) is 12.8 Å². The second kappa shape index (κ2) is 4.58. The van der Waals surface area contributed by atoms with Crippen molar-refractivity contribution in [1.82, 2.24) is 9.97 Å². The van der Waals surface area contributed by atoms with Crippen molar-refractivity contribution in [3.05, 3.63) is 17.6 Å². The molecule has 0 spiro atoms. The maximum atomic E-state index is 5.64. The maximum Gasteiger partial charge on any atom is 0.162 e. The van der Waals surface area contributed by atoms with E-state index in [1.54, 1.807) is 0 Å². The molecule has 17 heavy (non-hydrogen) atoms. The molecule has 1 aromatic heterocycles. The van der Waals surface area contributed by atoms with Gasteiger partial charge in [0.05, 0.1) is 19.8 Å². The van der Waals surface area contributed by atoms with Crippen molar-refractivity contribution in [2.45, 2.75) is 24.9 Å². The first kappa shape index (κ1) is 10.9. The number of hydrogen-bond donors (Lipinski definition) is 1. The number of rotatable bonds is 3. The van der Waals surface area contributed by atoms with Crippen molar-refractivity contribution in [1.29, 1.82) is 0 Å². The van der Waals surface area contributed by atoms with Crippen LogP contribution in [0.25, 0.3) is 0 Å². The molecular weight excluding hydrogens is 218 g/mol. The first-order valence-electron chi connectivity index (χ1n) is 6.13. The van der Waals surface area contributed by atoms with Crippen LogP contribution < -0.4 is 5.32 Å². The smallest absolute Gasteiger partial charge is 0.162 e. The molecule has 0 bridgehead atoms. The molecule has 0 aromatic carbocycles.